The van der Waals surface area contributed by atoms with Crippen LogP contribution in [-0.4, -0.2) is 50.0 Å². The monoisotopic (exact) mass is 487 g/mol. The maximum Gasteiger partial charge on any atom is 0.344 e. The highest BCUT2D eigenvalue weighted by atomic mass is 32.1. The first-order valence-electron chi connectivity index (χ1n) is 10.5. The number of hydrogen-bond acceptors (Lipinski definition) is 8. The summed E-state index contributed by atoms with van der Waals surface area (Å²) >= 11 is 4.35. The van der Waals surface area contributed by atoms with Crippen molar-refractivity contribution in [3.8, 4) is 11.5 Å². The summed E-state index contributed by atoms with van der Waals surface area (Å²) in [5.41, 5.74) is 1.08. The summed E-state index contributed by atoms with van der Waals surface area (Å²) in [7, 11) is 3.06. The minimum atomic E-state index is -0.758. The number of carbonyl (C=O) groups excluding carboxylic acids is 3. The van der Waals surface area contributed by atoms with Crippen LogP contribution in [0.1, 0.15) is 36.2 Å². The van der Waals surface area contributed by atoms with Crippen LogP contribution in [0, 0.1) is 0 Å². The lowest BCUT2D eigenvalue weighted by molar-refractivity contribution is -0.147. The van der Waals surface area contributed by atoms with E-state index < -0.39 is 24.5 Å². The van der Waals surface area contributed by atoms with Gasteiger partial charge in [-0.1, -0.05) is 32.0 Å². The Hall–Kier alpha value is -3.46. The highest BCUT2D eigenvalue weighted by molar-refractivity contribution is 7.81. The van der Waals surface area contributed by atoms with E-state index in [0.717, 1.165) is 5.56 Å². The van der Waals surface area contributed by atoms with Crippen molar-refractivity contribution >= 4 is 42.2 Å². The molecule has 0 fully saturated rings. The van der Waals surface area contributed by atoms with E-state index in [-0.39, 0.29) is 22.6 Å². The first-order valence-corrected chi connectivity index (χ1v) is 10.9. The number of nitrogens with one attached hydrogen (secondary N) is 1. The average Bonchev–Trinajstić information content (AvgIpc) is 2.80. The Balaban J connectivity index is 1.96. The smallest absolute Gasteiger partial charge is 0.344 e. The number of anilines is 1. The molecule has 2 rings (SSSR count). The number of esters is 2. The number of carbonyl (C=O) groups is 3. The summed E-state index contributed by atoms with van der Waals surface area (Å²) in [6.45, 7) is 3.44. The Bertz CT molecular complexity index is 1040. The molecule has 2 aromatic carbocycles. The molecule has 0 aliphatic rings. The number of para-hydroxylation sites is 1. The molecular weight excluding hydrogens is 458 g/mol. The van der Waals surface area contributed by atoms with E-state index in [1.54, 1.807) is 42.5 Å². The van der Waals surface area contributed by atoms with E-state index in [0.29, 0.717) is 17.9 Å². The Kier molecular flexibility index (Phi) is 10.0. The van der Waals surface area contributed by atoms with Crippen molar-refractivity contribution in [2.45, 2.75) is 25.0 Å². The second-order valence-electron chi connectivity index (χ2n) is 7.84. The number of methoxy groups -OCH3 is 2. The van der Waals surface area contributed by atoms with Gasteiger partial charge in [0.15, 0.2) is 18.1 Å². The Morgan fingerprint density at radius 3 is 2.38 bits per heavy atom. The third-order valence-corrected chi connectivity index (χ3v) is 4.76. The van der Waals surface area contributed by atoms with Gasteiger partial charge >= 0.3 is 11.9 Å². The zero-order chi connectivity index (χ0) is 25.1. The second kappa shape index (κ2) is 12.7. The summed E-state index contributed by atoms with van der Waals surface area (Å²) < 4.78 is 20.3. The SMILES string of the molecule is COc1ccc(C=CC(=O)Nc2ccccc2C(=O)OCC(=O)OCCC(C)(C)S)cc1OC. The number of amides is 1. The maximum absolute atomic E-state index is 12.5. The van der Waals surface area contributed by atoms with Crippen molar-refractivity contribution in [1.29, 1.82) is 0 Å². The van der Waals surface area contributed by atoms with E-state index in [9.17, 15) is 14.4 Å². The molecule has 0 heterocycles. The lowest BCUT2D eigenvalue weighted by atomic mass is 10.1. The molecule has 0 aliphatic carbocycles. The second-order valence-corrected chi connectivity index (χ2v) is 9.05. The Morgan fingerprint density at radius 1 is 1.00 bits per heavy atom. The third-order valence-electron chi connectivity index (χ3n) is 4.54. The first-order chi connectivity index (χ1) is 16.1. The van der Waals surface area contributed by atoms with E-state index in [1.165, 1.54) is 26.4 Å². The van der Waals surface area contributed by atoms with Gasteiger partial charge in [0.25, 0.3) is 0 Å². The maximum atomic E-state index is 12.5. The molecule has 9 heteroatoms. The van der Waals surface area contributed by atoms with Crippen molar-refractivity contribution in [3.63, 3.8) is 0 Å². The summed E-state index contributed by atoms with van der Waals surface area (Å²) in [4.78, 5) is 36.7. The Labute approximate surface area is 204 Å². The van der Waals surface area contributed by atoms with Gasteiger partial charge < -0.3 is 24.3 Å². The molecule has 1 N–H and O–H groups in total. The average molecular weight is 488 g/mol. The lowest BCUT2D eigenvalue weighted by Crippen LogP contribution is -2.21. The van der Waals surface area contributed by atoms with Gasteiger partial charge in [-0.05, 0) is 42.3 Å². The fraction of sp³-hybridized carbons (Fsp3) is 0.320. The predicted molar refractivity (Wildman–Crippen MR) is 133 cm³/mol. The molecule has 0 bridgehead atoms. The van der Waals surface area contributed by atoms with Crippen molar-refractivity contribution in [1.82, 2.24) is 0 Å². The van der Waals surface area contributed by atoms with E-state index in [2.05, 4.69) is 17.9 Å². The summed E-state index contributed by atoms with van der Waals surface area (Å²) in [5.74, 6) is -0.766. The van der Waals surface area contributed by atoms with Gasteiger partial charge in [0.2, 0.25) is 5.91 Å². The number of thiol groups is 1. The zero-order valence-corrected chi connectivity index (χ0v) is 20.5. The van der Waals surface area contributed by atoms with Gasteiger partial charge in [-0.2, -0.15) is 12.6 Å². The van der Waals surface area contributed by atoms with Gasteiger partial charge in [-0.25, -0.2) is 9.59 Å². The number of hydrogen-bond donors (Lipinski definition) is 2. The fourth-order valence-corrected chi connectivity index (χ4v) is 2.82. The van der Waals surface area contributed by atoms with E-state index in [1.807, 2.05) is 13.8 Å². The van der Waals surface area contributed by atoms with Crippen LogP contribution in [0.4, 0.5) is 5.69 Å². The van der Waals surface area contributed by atoms with Crippen LogP contribution in [0.3, 0.4) is 0 Å². The summed E-state index contributed by atoms with van der Waals surface area (Å²) in [5, 5.41) is 2.64. The van der Waals surface area contributed by atoms with Crippen LogP contribution < -0.4 is 14.8 Å². The number of rotatable bonds is 11. The summed E-state index contributed by atoms with van der Waals surface area (Å²) in [6.07, 6.45) is 3.48. The van der Waals surface area contributed by atoms with Gasteiger partial charge in [0, 0.05) is 10.8 Å². The summed E-state index contributed by atoms with van der Waals surface area (Å²) in [6, 6.07) is 11.6. The molecule has 0 aromatic heterocycles. The predicted octanol–water partition coefficient (Wildman–Crippen LogP) is 4.15. The van der Waals surface area contributed by atoms with E-state index in [4.69, 9.17) is 18.9 Å². The van der Waals surface area contributed by atoms with Crippen LogP contribution in [0.15, 0.2) is 48.5 Å². The van der Waals surface area contributed by atoms with Crippen LogP contribution in [0.5, 0.6) is 11.5 Å². The van der Waals surface area contributed by atoms with Gasteiger partial charge in [-0.15, -0.1) is 0 Å². The lowest BCUT2D eigenvalue weighted by Gasteiger charge is -2.16. The minimum Gasteiger partial charge on any atom is -0.493 e. The van der Waals surface area contributed by atoms with Crippen LogP contribution in [-0.2, 0) is 19.1 Å². The quantitative estimate of drug-likeness (QED) is 0.279. The van der Waals surface area contributed by atoms with Crippen LogP contribution >= 0.6 is 12.6 Å². The first kappa shape index (κ1) is 26.8. The highest BCUT2D eigenvalue weighted by Gasteiger charge is 2.17. The van der Waals surface area contributed by atoms with Gasteiger partial charge in [-0.3, -0.25) is 4.79 Å². The highest BCUT2D eigenvalue weighted by Crippen LogP contribution is 2.28. The van der Waals surface area contributed by atoms with Crippen molar-refractivity contribution < 1.29 is 33.3 Å². The van der Waals surface area contributed by atoms with E-state index >= 15 is 0 Å². The normalized spacial score (nSPS) is 11.1. The minimum absolute atomic E-state index is 0.111. The van der Waals surface area contributed by atoms with Crippen molar-refractivity contribution in [2.75, 3.05) is 32.8 Å². The number of ether oxygens (including phenoxy) is 4. The van der Waals surface area contributed by atoms with Crippen molar-refractivity contribution in [3.05, 3.63) is 59.7 Å². The molecule has 0 unspecified atom stereocenters. The largest absolute Gasteiger partial charge is 0.493 e. The number of benzene rings is 2. The molecule has 0 saturated carbocycles. The van der Waals surface area contributed by atoms with Crippen LogP contribution in [0.2, 0.25) is 0 Å². The van der Waals surface area contributed by atoms with Crippen LogP contribution in [0.25, 0.3) is 6.08 Å². The molecule has 0 aliphatic heterocycles. The molecule has 1 amide bonds. The molecule has 0 spiro atoms. The Morgan fingerprint density at radius 2 is 1.71 bits per heavy atom. The molecule has 0 radical (unpaired) electrons. The molecular formula is C25H29NO7S. The molecule has 34 heavy (non-hydrogen) atoms. The van der Waals surface area contributed by atoms with Gasteiger partial charge in [0.05, 0.1) is 32.1 Å². The zero-order valence-electron chi connectivity index (χ0n) is 19.6. The fourth-order valence-electron chi connectivity index (χ4n) is 2.73. The molecule has 0 saturated heterocycles. The van der Waals surface area contributed by atoms with Crippen molar-refractivity contribution in [2.24, 2.45) is 0 Å². The molecule has 2 aromatic rings. The van der Waals surface area contributed by atoms with Gasteiger partial charge in [0.1, 0.15) is 0 Å². The topological polar surface area (TPSA) is 100 Å². The standard InChI is InChI=1S/C25H29NO7S/c1-25(2,34)13-14-32-23(28)16-33-24(29)18-7-5-6-8-19(18)26-22(27)12-10-17-9-11-20(30-3)21(15-17)31-4/h5-12,15,34H,13-14,16H2,1-4H3,(H,26,27). The molecule has 0 atom stereocenters. The molecule has 182 valence electrons. The third kappa shape index (κ3) is 8.82. The molecule has 8 nitrogen and oxygen atoms in total.